The van der Waals surface area contributed by atoms with Gasteiger partial charge in [-0.15, -0.1) is 0 Å². The molecule has 0 aromatic heterocycles. The van der Waals surface area contributed by atoms with E-state index < -0.39 is 55.3 Å². The number of ether oxygens (including phenoxy) is 1. The highest BCUT2D eigenvalue weighted by atomic mass is 79.9. The number of hydrogen-bond acceptors (Lipinski definition) is 5. The molecular formula is C10H12BrCl3N2O4S. The highest BCUT2D eigenvalue weighted by Gasteiger charge is 2.68. The number of esters is 1. The Balaban J connectivity index is 2.25. The highest BCUT2D eigenvalue weighted by Crippen LogP contribution is 2.44. The zero-order valence-electron chi connectivity index (χ0n) is 10.7. The number of hydrogen-bond donors (Lipinski definition) is 1. The third kappa shape index (κ3) is 2.83. The fraction of sp³-hybridized carbons (Fsp3) is 0.800. The molecule has 0 aliphatic carbocycles. The van der Waals surface area contributed by atoms with Gasteiger partial charge in [0, 0.05) is 5.33 Å². The third-order valence-electron chi connectivity index (χ3n) is 3.52. The smallest absolute Gasteiger partial charge is 0.330 e. The van der Waals surface area contributed by atoms with Crippen molar-refractivity contribution in [2.24, 2.45) is 5.73 Å². The fourth-order valence-corrected chi connectivity index (χ4v) is 5.47. The van der Waals surface area contributed by atoms with Crippen molar-refractivity contribution in [3.63, 3.8) is 0 Å². The third-order valence-corrected chi connectivity index (χ3v) is 7.63. The molecule has 2 N–H and O–H groups in total. The number of rotatable bonds is 3. The molecular weight excluding hydrogens is 430 g/mol. The summed E-state index contributed by atoms with van der Waals surface area (Å²) in [6, 6.07) is -1.89. The van der Waals surface area contributed by atoms with E-state index in [2.05, 4.69) is 15.9 Å². The van der Waals surface area contributed by atoms with E-state index in [1.807, 2.05) is 0 Å². The molecule has 2 aliphatic rings. The summed E-state index contributed by atoms with van der Waals surface area (Å²) in [6.45, 7) is 1.16. The summed E-state index contributed by atoms with van der Waals surface area (Å²) in [5, 5.41) is -0.460. The number of β-lactam (4-membered cyclic amide) rings is 1. The Kier molecular flexibility index (Phi) is 4.90. The predicted molar refractivity (Wildman–Crippen MR) is 84.0 cm³/mol. The van der Waals surface area contributed by atoms with Crippen LogP contribution in [0.2, 0.25) is 0 Å². The lowest BCUT2D eigenvalue weighted by atomic mass is 9.96. The van der Waals surface area contributed by atoms with Crippen molar-refractivity contribution in [1.82, 2.24) is 4.90 Å². The van der Waals surface area contributed by atoms with Crippen LogP contribution in [-0.2, 0) is 25.1 Å². The van der Waals surface area contributed by atoms with Gasteiger partial charge in [0.1, 0.15) is 24.1 Å². The Labute approximate surface area is 147 Å². The monoisotopic (exact) mass is 440 g/mol. The van der Waals surface area contributed by atoms with Gasteiger partial charge in [0.15, 0.2) is 0 Å². The van der Waals surface area contributed by atoms with Gasteiger partial charge in [0.05, 0.1) is 15.5 Å². The zero-order valence-corrected chi connectivity index (χ0v) is 15.4. The molecule has 0 aromatic carbocycles. The van der Waals surface area contributed by atoms with Crippen molar-refractivity contribution in [2.45, 2.75) is 32.9 Å². The van der Waals surface area contributed by atoms with Crippen molar-refractivity contribution >= 4 is 73.4 Å². The molecule has 5 atom stereocenters. The number of alkyl halides is 4. The first-order valence-electron chi connectivity index (χ1n) is 5.82. The van der Waals surface area contributed by atoms with Crippen LogP contribution in [0.15, 0.2) is 0 Å². The highest BCUT2D eigenvalue weighted by molar-refractivity contribution is 9.09. The van der Waals surface area contributed by atoms with Crippen molar-refractivity contribution < 1.29 is 18.5 Å². The van der Waals surface area contributed by atoms with Gasteiger partial charge in [-0.05, 0) is 6.92 Å². The molecule has 0 saturated carbocycles. The Hall–Kier alpha value is 0.400. The second-order valence-electron chi connectivity index (χ2n) is 5.03. The number of carbonyl (C=O) groups excluding carboxylic acids is 2. The van der Waals surface area contributed by atoms with Gasteiger partial charge < -0.3 is 15.4 Å². The minimum absolute atomic E-state index is 0.229. The SMILES string of the molecule is CC1(CBr)C(C(=O)OCC(Cl)(Cl)Cl)N2C(=O)C(N)[C@H]2S1=O. The zero-order chi connectivity index (χ0) is 16.2. The second-order valence-corrected chi connectivity index (χ2v) is 10.1. The van der Waals surface area contributed by atoms with Crippen LogP contribution in [0.4, 0.5) is 0 Å². The molecule has 0 radical (unpaired) electrons. The van der Waals surface area contributed by atoms with E-state index >= 15 is 0 Å². The van der Waals surface area contributed by atoms with Gasteiger partial charge in [-0.25, -0.2) is 4.79 Å². The van der Waals surface area contributed by atoms with Gasteiger partial charge >= 0.3 is 5.97 Å². The molecule has 2 saturated heterocycles. The summed E-state index contributed by atoms with van der Waals surface area (Å²) in [7, 11) is -1.51. The van der Waals surface area contributed by atoms with Crippen LogP contribution in [0, 0.1) is 0 Å². The molecule has 11 heteroatoms. The number of nitrogens with zero attached hydrogens (tertiary/aromatic N) is 1. The number of halogens is 4. The molecule has 1 amide bonds. The number of nitrogens with two attached hydrogens (primary N) is 1. The van der Waals surface area contributed by atoms with E-state index in [-0.39, 0.29) is 5.33 Å². The van der Waals surface area contributed by atoms with Crippen LogP contribution in [0.1, 0.15) is 6.92 Å². The van der Waals surface area contributed by atoms with E-state index in [9.17, 15) is 13.8 Å². The van der Waals surface area contributed by atoms with E-state index in [4.69, 9.17) is 45.3 Å². The molecule has 4 unspecified atom stereocenters. The summed E-state index contributed by atoms with van der Waals surface area (Å²) < 4.78 is 14.7. The maximum absolute atomic E-state index is 12.5. The van der Waals surface area contributed by atoms with E-state index in [0.29, 0.717) is 0 Å². The molecule has 0 aromatic rings. The first kappa shape index (κ1) is 17.7. The predicted octanol–water partition coefficient (Wildman–Crippen LogP) is 0.680. The molecule has 2 rings (SSSR count). The molecule has 2 aliphatic heterocycles. The van der Waals surface area contributed by atoms with Gasteiger partial charge in [0.25, 0.3) is 0 Å². The van der Waals surface area contributed by atoms with Crippen molar-refractivity contribution in [2.75, 3.05) is 11.9 Å². The van der Waals surface area contributed by atoms with Crippen LogP contribution >= 0.6 is 50.7 Å². The average molecular weight is 443 g/mol. The Morgan fingerprint density at radius 2 is 2.14 bits per heavy atom. The molecule has 2 fully saturated rings. The summed E-state index contributed by atoms with van der Waals surface area (Å²) in [6.07, 6.45) is 0. The van der Waals surface area contributed by atoms with Crippen LogP contribution in [0.5, 0.6) is 0 Å². The van der Waals surface area contributed by atoms with Crippen LogP contribution in [-0.4, -0.2) is 58.9 Å². The van der Waals surface area contributed by atoms with Crippen LogP contribution < -0.4 is 5.73 Å². The minimum atomic E-state index is -1.76. The fourth-order valence-electron chi connectivity index (χ4n) is 2.42. The molecule has 2 heterocycles. The maximum atomic E-state index is 12.5. The van der Waals surface area contributed by atoms with Crippen LogP contribution in [0.25, 0.3) is 0 Å². The topological polar surface area (TPSA) is 89.7 Å². The summed E-state index contributed by atoms with van der Waals surface area (Å²) in [5.41, 5.74) is 5.66. The lowest BCUT2D eigenvalue weighted by molar-refractivity contribution is -0.162. The molecule has 21 heavy (non-hydrogen) atoms. The van der Waals surface area contributed by atoms with Gasteiger partial charge in [0.2, 0.25) is 9.70 Å². The summed E-state index contributed by atoms with van der Waals surface area (Å²) in [5.74, 6) is -1.20. The number of amides is 1. The summed E-state index contributed by atoms with van der Waals surface area (Å²) in [4.78, 5) is 25.4. The lowest BCUT2D eigenvalue weighted by Crippen LogP contribution is -2.69. The Bertz CT molecular complexity index is 517. The Morgan fingerprint density at radius 1 is 1.57 bits per heavy atom. The summed E-state index contributed by atoms with van der Waals surface area (Å²) >= 11 is 19.8. The van der Waals surface area contributed by atoms with E-state index in [1.54, 1.807) is 6.92 Å². The van der Waals surface area contributed by atoms with E-state index in [1.165, 1.54) is 4.90 Å². The van der Waals surface area contributed by atoms with Gasteiger partial charge in [-0.1, -0.05) is 50.7 Å². The second kappa shape index (κ2) is 5.79. The van der Waals surface area contributed by atoms with Crippen molar-refractivity contribution in [1.29, 1.82) is 0 Å². The average Bonchev–Trinajstić information content (AvgIpc) is 2.62. The molecule has 0 spiro atoms. The van der Waals surface area contributed by atoms with Crippen LogP contribution in [0.3, 0.4) is 0 Å². The van der Waals surface area contributed by atoms with Crippen molar-refractivity contribution in [3.05, 3.63) is 0 Å². The van der Waals surface area contributed by atoms with Crippen molar-refractivity contribution in [3.8, 4) is 0 Å². The lowest BCUT2D eigenvalue weighted by Gasteiger charge is -2.41. The standard InChI is InChI=1S/C10H12BrCl3N2O4S/c1-9(2-11)5(8(18)20-3-10(12,13)14)16-6(17)4(15)7(16)21(9)19/h4-5,7H,2-3,15H2,1H3/t4?,5?,7-,9?,21?/m1/s1. The first-order valence-corrected chi connectivity index (χ1v) is 9.29. The quantitative estimate of drug-likeness (QED) is 0.394. The number of fused-ring (bicyclic) bond motifs is 1. The minimum Gasteiger partial charge on any atom is -0.460 e. The largest absolute Gasteiger partial charge is 0.460 e. The molecule has 6 nitrogen and oxygen atoms in total. The first-order chi connectivity index (χ1) is 9.54. The molecule has 120 valence electrons. The number of carbonyl (C=O) groups is 2. The Morgan fingerprint density at radius 3 is 2.62 bits per heavy atom. The van der Waals surface area contributed by atoms with E-state index in [0.717, 1.165) is 0 Å². The van der Waals surface area contributed by atoms with Gasteiger partial charge in [-0.2, -0.15) is 0 Å². The molecule has 0 bridgehead atoms. The van der Waals surface area contributed by atoms with Gasteiger partial charge in [-0.3, -0.25) is 9.00 Å². The maximum Gasteiger partial charge on any atom is 0.330 e. The normalized spacial score (nSPS) is 39.0.